The number of hydrogen-bond donors (Lipinski definition) is 2. The molecule has 0 saturated carbocycles. The van der Waals surface area contributed by atoms with Crippen LogP contribution in [0, 0.1) is 5.92 Å². The number of aliphatic hydroxyl groups excluding tert-OH is 1. The maximum Gasteiger partial charge on any atom is 0.410 e. The predicted molar refractivity (Wildman–Crippen MR) is 84.3 cm³/mol. The van der Waals surface area contributed by atoms with Gasteiger partial charge in [-0.2, -0.15) is 0 Å². The van der Waals surface area contributed by atoms with E-state index >= 15 is 0 Å². The highest BCUT2D eigenvalue weighted by molar-refractivity contribution is 5.68. The summed E-state index contributed by atoms with van der Waals surface area (Å²) >= 11 is 0. The SMILES string of the molecule is CC(C)(C)OC(=O)N1CCC(CNCCCCCO)CC1. The number of aliphatic hydroxyl groups is 1. The third kappa shape index (κ3) is 8.27. The van der Waals surface area contributed by atoms with Crippen LogP contribution in [-0.2, 0) is 4.74 Å². The molecule has 0 unspecified atom stereocenters. The molecule has 0 aromatic heterocycles. The number of nitrogens with one attached hydrogen (secondary N) is 1. The molecule has 0 bridgehead atoms. The van der Waals surface area contributed by atoms with Crippen LogP contribution in [-0.4, -0.2) is 54.5 Å². The van der Waals surface area contributed by atoms with Gasteiger partial charge in [-0.1, -0.05) is 0 Å². The van der Waals surface area contributed by atoms with Crippen molar-refractivity contribution in [1.82, 2.24) is 10.2 Å². The highest BCUT2D eigenvalue weighted by atomic mass is 16.6. The molecule has 1 heterocycles. The number of ether oxygens (including phenoxy) is 1. The van der Waals surface area contributed by atoms with Gasteiger partial charge in [0.2, 0.25) is 0 Å². The Bertz CT molecular complexity index is 294. The van der Waals surface area contributed by atoms with Crippen molar-refractivity contribution in [2.75, 3.05) is 32.8 Å². The van der Waals surface area contributed by atoms with Gasteiger partial charge in [0.05, 0.1) is 0 Å². The predicted octanol–water partition coefficient (Wildman–Crippen LogP) is 2.39. The summed E-state index contributed by atoms with van der Waals surface area (Å²) in [7, 11) is 0. The summed E-state index contributed by atoms with van der Waals surface area (Å²) < 4.78 is 5.40. The van der Waals surface area contributed by atoms with Crippen molar-refractivity contribution in [2.45, 2.75) is 58.5 Å². The zero-order valence-corrected chi connectivity index (χ0v) is 13.9. The van der Waals surface area contributed by atoms with Crippen molar-refractivity contribution < 1.29 is 14.6 Å². The molecule has 124 valence electrons. The molecule has 0 aromatic rings. The Labute approximate surface area is 129 Å². The molecule has 0 atom stereocenters. The third-order valence-corrected chi connectivity index (χ3v) is 3.71. The Morgan fingerprint density at radius 1 is 1.24 bits per heavy atom. The average molecular weight is 300 g/mol. The molecule has 0 aromatic carbocycles. The lowest BCUT2D eigenvalue weighted by atomic mass is 9.97. The smallest absolute Gasteiger partial charge is 0.410 e. The van der Waals surface area contributed by atoms with Crippen molar-refractivity contribution >= 4 is 6.09 Å². The Morgan fingerprint density at radius 2 is 1.90 bits per heavy atom. The Morgan fingerprint density at radius 3 is 2.48 bits per heavy atom. The monoisotopic (exact) mass is 300 g/mol. The fourth-order valence-electron chi connectivity index (χ4n) is 2.49. The fraction of sp³-hybridized carbons (Fsp3) is 0.938. The fourth-order valence-corrected chi connectivity index (χ4v) is 2.49. The quantitative estimate of drug-likeness (QED) is 0.709. The van der Waals surface area contributed by atoms with E-state index in [1.807, 2.05) is 25.7 Å². The van der Waals surface area contributed by atoms with E-state index in [-0.39, 0.29) is 6.09 Å². The van der Waals surface area contributed by atoms with E-state index < -0.39 is 5.60 Å². The summed E-state index contributed by atoms with van der Waals surface area (Å²) in [5, 5.41) is 12.2. The lowest BCUT2D eigenvalue weighted by molar-refractivity contribution is 0.0184. The first-order valence-electron chi connectivity index (χ1n) is 8.22. The van der Waals surface area contributed by atoms with Gasteiger partial charge in [-0.25, -0.2) is 4.79 Å². The minimum absolute atomic E-state index is 0.182. The number of likely N-dealkylation sites (tertiary alicyclic amines) is 1. The van der Waals surface area contributed by atoms with Crippen molar-refractivity contribution in [2.24, 2.45) is 5.92 Å². The molecule has 2 N–H and O–H groups in total. The van der Waals surface area contributed by atoms with Crippen LogP contribution in [0.25, 0.3) is 0 Å². The van der Waals surface area contributed by atoms with Crippen molar-refractivity contribution in [3.05, 3.63) is 0 Å². The van der Waals surface area contributed by atoms with Crippen molar-refractivity contribution in [3.8, 4) is 0 Å². The number of unbranched alkanes of at least 4 members (excludes halogenated alkanes) is 2. The first-order chi connectivity index (χ1) is 9.92. The molecular formula is C16H32N2O3. The molecular weight excluding hydrogens is 268 g/mol. The highest BCUT2D eigenvalue weighted by Crippen LogP contribution is 2.19. The molecule has 0 radical (unpaired) electrons. The van der Waals surface area contributed by atoms with Crippen molar-refractivity contribution in [3.63, 3.8) is 0 Å². The standard InChI is InChI=1S/C16H32N2O3/c1-16(2,3)21-15(20)18-10-7-14(8-11-18)13-17-9-5-4-6-12-19/h14,17,19H,4-13H2,1-3H3. The molecule has 5 heteroatoms. The van der Waals surface area contributed by atoms with Gasteiger partial charge in [0, 0.05) is 19.7 Å². The maximum absolute atomic E-state index is 11.9. The van der Waals surface area contributed by atoms with E-state index in [1.165, 1.54) is 0 Å². The van der Waals surface area contributed by atoms with E-state index in [1.54, 1.807) is 0 Å². The number of hydrogen-bond acceptors (Lipinski definition) is 4. The number of rotatable bonds is 7. The van der Waals surface area contributed by atoms with Crippen LogP contribution in [0.3, 0.4) is 0 Å². The molecule has 5 nitrogen and oxygen atoms in total. The van der Waals surface area contributed by atoms with Crippen LogP contribution in [0.5, 0.6) is 0 Å². The van der Waals surface area contributed by atoms with Crippen LogP contribution in [0.1, 0.15) is 52.9 Å². The van der Waals surface area contributed by atoms with Gasteiger partial charge in [-0.05, 0) is 71.9 Å². The van der Waals surface area contributed by atoms with E-state index in [2.05, 4.69) is 5.32 Å². The van der Waals surface area contributed by atoms with E-state index in [4.69, 9.17) is 9.84 Å². The summed E-state index contributed by atoms with van der Waals surface area (Å²) in [6.45, 7) is 9.64. The summed E-state index contributed by atoms with van der Waals surface area (Å²) in [5.41, 5.74) is -0.413. The van der Waals surface area contributed by atoms with Crippen LogP contribution in [0.2, 0.25) is 0 Å². The summed E-state index contributed by atoms with van der Waals surface area (Å²) in [6.07, 6.45) is 5.01. The lowest BCUT2D eigenvalue weighted by Gasteiger charge is -2.33. The second kappa shape index (κ2) is 9.26. The molecule has 1 fully saturated rings. The van der Waals surface area contributed by atoms with Gasteiger partial charge in [0.25, 0.3) is 0 Å². The molecule has 1 amide bonds. The van der Waals surface area contributed by atoms with Crippen LogP contribution < -0.4 is 5.32 Å². The molecule has 1 aliphatic rings. The number of carbonyl (C=O) groups excluding carboxylic acids is 1. The summed E-state index contributed by atoms with van der Waals surface area (Å²) in [5.74, 6) is 0.654. The van der Waals surface area contributed by atoms with Gasteiger partial charge in [0.1, 0.15) is 5.60 Å². The van der Waals surface area contributed by atoms with E-state index in [0.29, 0.717) is 12.5 Å². The number of amides is 1. The molecule has 1 saturated heterocycles. The van der Waals surface area contributed by atoms with Gasteiger partial charge in [-0.3, -0.25) is 0 Å². The minimum Gasteiger partial charge on any atom is -0.444 e. The Hall–Kier alpha value is -0.810. The van der Waals surface area contributed by atoms with Crippen LogP contribution in [0.15, 0.2) is 0 Å². The molecule has 0 spiro atoms. The lowest BCUT2D eigenvalue weighted by Crippen LogP contribution is -2.43. The second-order valence-corrected chi connectivity index (χ2v) is 6.90. The number of piperidine rings is 1. The molecule has 1 aliphatic heterocycles. The van der Waals surface area contributed by atoms with Gasteiger partial charge in [0.15, 0.2) is 0 Å². The first kappa shape index (κ1) is 18.2. The van der Waals surface area contributed by atoms with Gasteiger partial charge in [-0.15, -0.1) is 0 Å². The maximum atomic E-state index is 11.9. The van der Waals surface area contributed by atoms with E-state index in [0.717, 1.165) is 58.3 Å². The Balaban J connectivity index is 2.10. The van der Waals surface area contributed by atoms with Gasteiger partial charge >= 0.3 is 6.09 Å². The number of nitrogens with zero attached hydrogens (tertiary/aromatic N) is 1. The van der Waals surface area contributed by atoms with Crippen LogP contribution >= 0.6 is 0 Å². The van der Waals surface area contributed by atoms with E-state index in [9.17, 15) is 4.79 Å². The largest absolute Gasteiger partial charge is 0.444 e. The number of carbonyl (C=O) groups is 1. The molecule has 0 aliphatic carbocycles. The highest BCUT2D eigenvalue weighted by Gasteiger charge is 2.26. The molecule has 21 heavy (non-hydrogen) atoms. The molecule has 1 rings (SSSR count). The van der Waals surface area contributed by atoms with Crippen LogP contribution in [0.4, 0.5) is 4.79 Å². The summed E-state index contributed by atoms with van der Waals surface area (Å²) in [4.78, 5) is 13.8. The minimum atomic E-state index is -0.413. The topological polar surface area (TPSA) is 61.8 Å². The Kier molecular flexibility index (Phi) is 8.04. The van der Waals surface area contributed by atoms with Gasteiger partial charge < -0.3 is 20.1 Å². The first-order valence-corrected chi connectivity index (χ1v) is 8.22. The second-order valence-electron chi connectivity index (χ2n) is 6.90. The summed E-state index contributed by atoms with van der Waals surface area (Å²) in [6, 6.07) is 0. The van der Waals surface area contributed by atoms with Crippen molar-refractivity contribution in [1.29, 1.82) is 0 Å². The third-order valence-electron chi connectivity index (χ3n) is 3.71. The zero-order chi connectivity index (χ0) is 15.7. The average Bonchev–Trinajstić information content (AvgIpc) is 2.41. The zero-order valence-electron chi connectivity index (χ0n) is 13.9. The normalized spacial score (nSPS) is 17.0.